The molecule has 2 aromatic carbocycles. The number of thiophene rings is 1. The number of nitrogens with zero attached hydrogens (tertiary/aromatic N) is 1. The number of likely N-dealkylation sites (N-methyl/N-ethyl adjacent to an activating group) is 1. The number of nitrogens with two attached hydrogens (primary N) is 1. The van der Waals surface area contributed by atoms with Crippen molar-refractivity contribution in [2.45, 2.75) is 6.10 Å². The number of hydrogen-bond donors (Lipinski definition) is 3. The number of aliphatic hydroxyl groups is 2. The summed E-state index contributed by atoms with van der Waals surface area (Å²) in [7, 11) is 1.91. The third-order valence-corrected chi connectivity index (χ3v) is 4.84. The summed E-state index contributed by atoms with van der Waals surface area (Å²) < 4.78 is 2.31. The Kier molecular flexibility index (Phi) is 3.71. The van der Waals surface area contributed by atoms with E-state index in [1.165, 1.54) is 4.70 Å². The molecule has 1 heterocycles. The number of hydrogen-bond acceptors (Lipinski definition) is 5. The maximum Gasteiger partial charge on any atom is 0.0945 e. The van der Waals surface area contributed by atoms with E-state index >= 15 is 0 Å². The highest BCUT2D eigenvalue weighted by molar-refractivity contribution is 7.26. The molecular weight excluding hydrogens is 284 g/mol. The van der Waals surface area contributed by atoms with E-state index in [0.717, 1.165) is 26.8 Å². The Balaban J connectivity index is 2.18. The van der Waals surface area contributed by atoms with Crippen LogP contribution in [0.5, 0.6) is 0 Å². The van der Waals surface area contributed by atoms with Gasteiger partial charge in [0.25, 0.3) is 0 Å². The molecule has 110 valence electrons. The molecule has 0 fully saturated rings. The average molecular weight is 302 g/mol. The van der Waals surface area contributed by atoms with Crippen LogP contribution in [0.15, 0.2) is 36.4 Å². The van der Waals surface area contributed by atoms with Gasteiger partial charge in [-0.05, 0) is 18.2 Å². The summed E-state index contributed by atoms with van der Waals surface area (Å²) in [5.74, 6) is 0. The van der Waals surface area contributed by atoms with Gasteiger partial charge >= 0.3 is 0 Å². The fraction of sp³-hybridized carbons (Fsp3) is 0.250. The summed E-state index contributed by atoms with van der Waals surface area (Å²) in [5.41, 5.74) is 7.95. The Labute approximate surface area is 127 Å². The predicted molar refractivity (Wildman–Crippen MR) is 90.1 cm³/mol. The van der Waals surface area contributed by atoms with Gasteiger partial charge < -0.3 is 20.8 Å². The average Bonchev–Trinajstić information content (AvgIpc) is 2.87. The summed E-state index contributed by atoms with van der Waals surface area (Å²) in [4.78, 5) is 1.96. The van der Waals surface area contributed by atoms with E-state index in [1.54, 1.807) is 11.3 Å². The molecule has 0 saturated carbocycles. The Morgan fingerprint density at radius 3 is 2.76 bits per heavy atom. The molecule has 4 nitrogen and oxygen atoms in total. The van der Waals surface area contributed by atoms with Crippen molar-refractivity contribution in [2.24, 2.45) is 0 Å². The summed E-state index contributed by atoms with van der Waals surface area (Å²) >= 11 is 1.70. The normalized spacial score (nSPS) is 12.9. The summed E-state index contributed by atoms with van der Waals surface area (Å²) in [5, 5.41) is 20.9. The number of nitrogen functional groups attached to an aromatic ring is 1. The highest BCUT2D eigenvalue weighted by atomic mass is 32.1. The minimum atomic E-state index is -0.753. The molecule has 0 aliphatic carbocycles. The Hall–Kier alpha value is -1.82. The van der Waals surface area contributed by atoms with Gasteiger partial charge in [-0.25, -0.2) is 0 Å². The van der Waals surface area contributed by atoms with E-state index in [2.05, 4.69) is 12.1 Å². The molecule has 4 N–H and O–H groups in total. The highest BCUT2D eigenvalue weighted by Crippen LogP contribution is 2.42. The van der Waals surface area contributed by atoms with Gasteiger partial charge in [0.1, 0.15) is 0 Å². The zero-order valence-electron chi connectivity index (χ0n) is 11.8. The van der Waals surface area contributed by atoms with Gasteiger partial charge in [0.2, 0.25) is 0 Å². The highest BCUT2D eigenvalue weighted by Gasteiger charge is 2.15. The van der Waals surface area contributed by atoms with E-state index in [-0.39, 0.29) is 6.61 Å². The van der Waals surface area contributed by atoms with Crippen LogP contribution < -0.4 is 10.6 Å². The van der Waals surface area contributed by atoms with Crippen molar-refractivity contribution < 1.29 is 10.2 Å². The minimum Gasteiger partial charge on any atom is -0.398 e. The monoisotopic (exact) mass is 302 g/mol. The quantitative estimate of drug-likeness (QED) is 0.647. The van der Waals surface area contributed by atoms with Gasteiger partial charge in [-0.1, -0.05) is 18.2 Å². The van der Waals surface area contributed by atoms with Gasteiger partial charge in [0.05, 0.1) is 23.1 Å². The van der Waals surface area contributed by atoms with Gasteiger partial charge in [-0.3, -0.25) is 0 Å². The third-order valence-electron chi connectivity index (χ3n) is 3.64. The van der Waals surface area contributed by atoms with Crippen molar-refractivity contribution in [3.8, 4) is 0 Å². The van der Waals surface area contributed by atoms with E-state index in [0.29, 0.717) is 6.54 Å². The number of rotatable bonds is 4. The van der Waals surface area contributed by atoms with Crippen molar-refractivity contribution in [2.75, 3.05) is 30.8 Å². The lowest BCUT2D eigenvalue weighted by molar-refractivity contribution is 0.101. The zero-order valence-corrected chi connectivity index (χ0v) is 12.6. The van der Waals surface area contributed by atoms with Crippen LogP contribution in [0.1, 0.15) is 0 Å². The Morgan fingerprint density at radius 2 is 2.00 bits per heavy atom. The van der Waals surface area contributed by atoms with E-state index in [1.807, 2.05) is 36.2 Å². The minimum absolute atomic E-state index is 0.241. The van der Waals surface area contributed by atoms with Gasteiger partial charge in [-0.15, -0.1) is 11.3 Å². The first-order valence-corrected chi connectivity index (χ1v) is 7.63. The molecule has 0 bridgehead atoms. The maximum absolute atomic E-state index is 9.64. The standard InChI is InChI=1S/C16H18N2O2S/c1-18(8-10(20)9-19)13-7-6-12(17)15-11-4-2-3-5-14(11)21-16(13)15/h2-7,10,19-20H,8-9,17H2,1H3. The molecule has 1 aromatic heterocycles. The van der Waals surface area contributed by atoms with Crippen LogP contribution in [0.3, 0.4) is 0 Å². The SMILES string of the molecule is CN(CC(O)CO)c1ccc(N)c2c1sc1ccccc12. The molecule has 1 atom stereocenters. The molecule has 5 heteroatoms. The van der Waals surface area contributed by atoms with Crippen molar-refractivity contribution in [3.63, 3.8) is 0 Å². The Bertz CT molecular complexity index is 784. The van der Waals surface area contributed by atoms with Crippen LogP contribution in [-0.4, -0.2) is 36.5 Å². The van der Waals surface area contributed by atoms with E-state index in [4.69, 9.17) is 10.8 Å². The molecule has 0 aliphatic rings. The lowest BCUT2D eigenvalue weighted by atomic mass is 10.1. The van der Waals surface area contributed by atoms with Crippen LogP contribution in [0.25, 0.3) is 20.2 Å². The zero-order chi connectivity index (χ0) is 15.0. The van der Waals surface area contributed by atoms with Gasteiger partial charge in [0, 0.05) is 34.8 Å². The molecule has 3 aromatic rings. The molecule has 0 aliphatic heterocycles. The predicted octanol–water partition coefficient (Wildman–Crippen LogP) is 2.43. The molecule has 0 saturated heterocycles. The van der Waals surface area contributed by atoms with Crippen LogP contribution in [0.4, 0.5) is 11.4 Å². The molecule has 21 heavy (non-hydrogen) atoms. The number of anilines is 2. The summed E-state index contributed by atoms with van der Waals surface area (Å²) in [6.45, 7) is 0.138. The first kappa shape index (κ1) is 14.1. The molecule has 0 amide bonds. The lowest BCUT2D eigenvalue weighted by Crippen LogP contribution is -2.31. The molecule has 0 spiro atoms. The second-order valence-electron chi connectivity index (χ2n) is 5.19. The number of fused-ring (bicyclic) bond motifs is 3. The fourth-order valence-corrected chi connectivity index (χ4v) is 3.92. The first-order valence-electron chi connectivity index (χ1n) is 6.81. The number of aliphatic hydroxyl groups excluding tert-OH is 2. The van der Waals surface area contributed by atoms with Crippen LogP contribution in [0.2, 0.25) is 0 Å². The van der Waals surface area contributed by atoms with Crippen molar-refractivity contribution in [1.29, 1.82) is 0 Å². The topological polar surface area (TPSA) is 69.7 Å². The lowest BCUT2D eigenvalue weighted by Gasteiger charge is -2.22. The van der Waals surface area contributed by atoms with Crippen LogP contribution >= 0.6 is 11.3 Å². The second kappa shape index (κ2) is 5.52. The fourth-order valence-electron chi connectivity index (χ4n) is 2.61. The maximum atomic E-state index is 9.64. The van der Waals surface area contributed by atoms with E-state index < -0.39 is 6.10 Å². The van der Waals surface area contributed by atoms with Crippen molar-refractivity contribution in [3.05, 3.63) is 36.4 Å². The van der Waals surface area contributed by atoms with E-state index in [9.17, 15) is 5.11 Å². The molecule has 1 unspecified atom stereocenters. The van der Waals surface area contributed by atoms with Gasteiger partial charge in [-0.2, -0.15) is 0 Å². The van der Waals surface area contributed by atoms with Crippen molar-refractivity contribution in [1.82, 2.24) is 0 Å². The summed E-state index contributed by atoms with van der Waals surface area (Å²) in [6.07, 6.45) is -0.753. The largest absolute Gasteiger partial charge is 0.398 e. The van der Waals surface area contributed by atoms with Gasteiger partial charge in [0.15, 0.2) is 0 Å². The van der Waals surface area contributed by atoms with Crippen LogP contribution in [0, 0.1) is 0 Å². The first-order chi connectivity index (χ1) is 10.1. The van der Waals surface area contributed by atoms with Crippen molar-refractivity contribution >= 4 is 42.9 Å². The molecule has 0 radical (unpaired) electrons. The second-order valence-corrected chi connectivity index (χ2v) is 6.25. The third kappa shape index (κ3) is 2.44. The molecular formula is C16H18N2O2S. The Morgan fingerprint density at radius 1 is 1.24 bits per heavy atom. The molecule has 3 rings (SSSR count). The summed E-state index contributed by atoms with van der Waals surface area (Å²) in [6, 6.07) is 12.1. The van der Waals surface area contributed by atoms with Crippen LogP contribution in [-0.2, 0) is 0 Å². The smallest absolute Gasteiger partial charge is 0.0945 e. The number of benzene rings is 2.